The number of rotatable bonds is 4. The molecule has 20 heavy (non-hydrogen) atoms. The number of hydrogen-bond acceptors (Lipinski definition) is 4. The predicted molar refractivity (Wildman–Crippen MR) is 78.1 cm³/mol. The van der Waals surface area contributed by atoms with E-state index < -0.39 is 5.91 Å². The molecule has 0 atom stereocenters. The molecule has 0 aliphatic rings. The van der Waals surface area contributed by atoms with Crippen LogP contribution in [-0.4, -0.2) is 22.6 Å². The summed E-state index contributed by atoms with van der Waals surface area (Å²) >= 11 is 5.13. The first-order valence-corrected chi connectivity index (χ1v) is 6.20. The van der Waals surface area contributed by atoms with Gasteiger partial charge in [-0.15, -0.1) is 6.58 Å². The van der Waals surface area contributed by atoms with Gasteiger partial charge in [0, 0.05) is 12.1 Å². The van der Waals surface area contributed by atoms with Crippen molar-refractivity contribution < 1.29 is 9.63 Å². The van der Waals surface area contributed by atoms with E-state index in [2.05, 4.69) is 21.9 Å². The van der Waals surface area contributed by atoms with Crippen molar-refractivity contribution in [2.75, 3.05) is 7.11 Å². The third-order valence-corrected chi connectivity index (χ3v) is 3.07. The van der Waals surface area contributed by atoms with Crippen molar-refractivity contribution in [2.45, 2.75) is 6.54 Å². The molecule has 1 heterocycles. The van der Waals surface area contributed by atoms with E-state index in [0.29, 0.717) is 23.0 Å². The number of hydrogen-bond donors (Lipinski definition) is 2. The minimum Gasteiger partial charge on any atom is -0.332 e. The maximum atomic E-state index is 12.2. The second-order valence-corrected chi connectivity index (χ2v) is 4.42. The van der Waals surface area contributed by atoms with Crippen LogP contribution in [-0.2, 0) is 11.4 Å². The van der Waals surface area contributed by atoms with Gasteiger partial charge in [0.2, 0.25) is 0 Å². The van der Waals surface area contributed by atoms with Gasteiger partial charge in [0.05, 0.1) is 18.0 Å². The molecule has 1 aromatic heterocycles. The fraction of sp³-hybridized carbons (Fsp3) is 0.154. The summed E-state index contributed by atoms with van der Waals surface area (Å²) in [6.07, 6.45) is 1.59. The Hall–Kier alpha value is -2.25. The van der Waals surface area contributed by atoms with Crippen molar-refractivity contribution in [3.63, 3.8) is 0 Å². The molecule has 1 amide bonds. The standard InChI is InChI=1S/C13H13N3O3S/c1-3-6-16-12(18)9-5-4-8(11(17)15-19-2)7-10(9)14-13(16)20/h3-5,7H,1,6H2,2H3,(H,14,20)(H,15,17). The number of aromatic amines is 1. The Morgan fingerprint density at radius 3 is 3.00 bits per heavy atom. The average molecular weight is 291 g/mol. The highest BCUT2D eigenvalue weighted by molar-refractivity contribution is 7.71. The van der Waals surface area contributed by atoms with Crippen LogP contribution in [0.15, 0.2) is 35.6 Å². The quantitative estimate of drug-likeness (QED) is 0.509. The summed E-state index contributed by atoms with van der Waals surface area (Å²) in [4.78, 5) is 31.4. The second-order valence-electron chi connectivity index (χ2n) is 4.03. The van der Waals surface area contributed by atoms with Crippen LogP contribution in [0.5, 0.6) is 0 Å². The summed E-state index contributed by atoms with van der Waals surface area (Å²) in [6, 6.07) is 4.68. The molecule has 0 radical (unpaired) electrons. The number of hydroxylamine groups is 1. The van der Waals surface area contributed by atoms with Gasteiger partial charge in [-0.2, -0.15) is 0 Å². The Kier molecular flexibility index (Phi) is 4.11. The van der Waals surface area contributed by atoms with Gasteiger partial charge in [-0.1, -0.05) is 6.08 Å². The van der Waals surface area contributed by atoms with Gasteiger partial charge >= 0.3 is 0 Å². The van der Waals surface area contributed by atoms with Gasteiger partial charge in [-0.3, -0.25) is 19.0 Å². The smallest absolute Gasteiger partial charge is 0.274 e. The zero-order chi connectivity index (χ0) is 14.7. The van der Waals surface area contributed by atoms with Crippen molar-refractivity contribution in [1.82, 2.24) is 15.0 Å². The number of aromatic nitrogens is 2. The SMILES string of the molecule is C=CCn1c(=S)[nH]c2cc(C(=O)NOC)ccc2c1=O. The van der Waals surface area contributed by atoms with Crippen molar-refractivity contribution in [3.8, 4) is 0 Å². The van der Waals surface area contributed by atoms with Crippen LogP contribution in [0.1, 0.15) is 10.4 Å². The highest BCUT2D eigenvalue weighted by Crippen LogP contribution is 2.10. The zero-order valence-electron chi connectivity index (χ0n) is 10.8. The molecule has 0 saturated heterocycles. The zero-order valence-corrected chi connectivity index (χ0v) is 11.6. The minimum atomic E-state index is -0.399. The van der Waals surface area contributed by atoms with E-state index in [1.165, 1.54) is 11.7 Å². The van der Waals surface area contributed by atoms with E-state index >= 15 is 0 Å². The number of H-pyrrole nitrogens is 1. The van der Waals surface area contributed by atoms with Crippen LogP contribution >= 0.6 is 12.2 Å². The first-order chi connectivity index (χ1) is 9.58. The van der Waals surface area contributed by atoms with E-state index in [1.807, 2.05) is 0 Å². The second kappa shape index (κ2) is 5.81. The molecular weight excluding hydrogens is 278 g/mol. The first kappa shape index (κ1) is 14.2. The molecule has 6 nitrogen and oxygen atoms in total. The van der Waals surface area contributed by atoms with E-state index in [4.69, 9.17) is 12.2 Å². The van der Waals surface area contributed by atoms with Gasteiger partial charge in [-0.05, 0) is 30.4 Å². The lowest BCUT2D eigenvalue weighted by atomic mass is 10.1. The Morgan fingerprint density at radius 1 is 1.60 bits per heavy atom. The topological polar surface area (TPSA) is 76.1 Å². The first-order valence-electron chi connectivity index (χ1n) is 5.79. The fourth-order valence-corrected chi connectivity index (χ4v) is 2.11. The molecule has 0 spiro atoms. The molecule has 0 fully saturated rings. The molecule has 2 aromatic rings. The third kappa shape index (κ3) is 2.54. The van der Waals surface area contributed by atoms with Crippen LogP contribution in [0.4, 0.5) is 0 Å². The number of carbonyl (C=O) groups excluding carboxylic acids is 1. The average Bonchev–Trinajstić information content (AvgIpc) is 2.43. The summed E-state index contributed by atoms with van der Waals surface area (Å²) in [5, 5.41) is 0.453. The monoisotopic (exact) mass is 291 g/mol. The van der Waals surface area contributed by atoms with Crippen molar-refractivity contribution in [3.05, 3.63) is 51.5 Å². The molecule has 0 unspecified atom stereocenters. The summed E-state index contributed by atoms with van der Waals surface area (Å²) in [6.45, 7) is 3.92. The van der Waals surface area contributed by atoms with Crippen LogP contribution in [0.2, 0.25) is 0 Å². The summed E-state index contributed by atoms with van der Waals surface area (Å²) in [5.74, 6) is -0.399. The molecule has 2 rings (SSSR count). The number of amides is 1. The van der Waals surface area contributed by atoms with Crippen LogP contribution in [0, 0.1) is 4.77 Å². The number of fused-ring (bicyclic) bond motifs is 1. The molecule has 0 aliphatic heterocycles. The Balaban J connectivity index is 2.64. The Bertz CT molecular complexity index is 792. The van der Waals surface area contributed by atoms with Crippen molar-refractivity contribution in [2.24, 2.45) is 0 Å². The Morgan fingerprint density at radius 2 is 2.35 bits per heavy atom. The van der Waals surface area contributed by atoms with Crippen molar-refractivity contribution >= 4 is 29.0 Å². The molecule has 0 aliphatic carbocycles. The number of carbonyl (C=O) groups is 1. The van der Waals surface area contributed by atoms with E-state index in [0.717, 1.165) is 0 Å². The van der Waals surface area contributed by atoms with Gasteiger partial charge in [-0.25, -0.2) is 5.48 Å². The maximum absolute atomic E-state index is 12.2. The highest BCUT2D eigenvalue weighted by Gasteiger charge is 2.09. The predicted octanol–water partition coefficient (Wildman–Crippen LogP) is 1.54. The fourth-order valence-electron chi connectivity index (χ4n) is 1.84. The van der Waals surface area contributed by atoms with Gasteiger partial charge in [0.1, 0.15) is 0 Å². The number of allylic oxidation sites excluding steroid dienone is 1. The summed E-state index contributed by atoms with van der Waals surface area (Å²) in [5.41, 5.74) is 2.86. The molecule has 0 bridgehead atoms. The molecule has 1 aromatic carbocycles. The van der Waals surface area contributed by atoms with Crippen LogP contribution < -0.4 is 11.0 Å². The number of benzene rings is 1. The van der Waals surface area contributed by atoms with Crippen molar-refractivity contribution in [1.29, 1.82) is 0 Å². The normalized spacial score (nSPS) is 10.4. The lowest BCUT2D eigenvalue weighted by molar-refractivity contribution is 0.0538. The van der Waals surface area contributed by atoms with E-state index in [9.17, 15) is 9.59 Å². The molecule has 2 N–H and O–H groups in total. The lowest BCUT2D eigenvalue weighted by Gasteiger charge is -2.07. The summed E-state index contributed by atoms with van der Waals surface area (Å²) in [7, 11) is 1.35. The van der Waals surface area contributed by atoms with Gasteiger partial charge < -0.3 is 4.98 Å². The van der Waals surface area contributed by atoms with Gasteiger partial charge in [0.25, 0.3) is 11.5 Å². The van der Waals surface area contributed by atoms with Gasteiger partial charge in [0.15, 0.2) is 4.77 Å². The molecule has 0 saturated carbocycles. The van der Waals surface area contributed by atoms with Crippen LogP contribution in [0.25, 0.3) is 10.9 Å². The number of nitrogens with one attached hydrogen (secondary N) is 2. The van der Waals surface area contributed by atoms with Crippen LogP contribution in [0.3, 0.4) is 0 Å². The Labute approximate surface area is 119 Å². The van der Waals surface area contributed by atoms with E-state index in [-0.39, 0.29) is 10.3 Å². The largest absolute Gasteiger partial charge is 0.332 e. The maximum Gasteiger partial charge on any atom is 0.274 e. The van der Waals surface area contributed by atoms with E-state index in [1.54, 1.807) is 24.3 Å². The molecule has 7 heteroatoms. The third-order valence-electron chi connectivity index (χ3n) is 2.75. The summed E-state index contributed by atoms with van der Waals surface area (Å²) < 4.78 is 1.69. The molecular formula is C13H13N3O3S. The minimum absolute atomic E-state index is 0.220. The lowest BCUT2D eigenvalue weighted by Crippen LogP contribution is -2.23. The number of nitrogens with zero attached hydrogens (tertiary/aromatic N) is 1. The highest BCUT2D eigenvalue weighted by atomic mass is 32.1. The molecule has 104 valence electrons.